The SMILES string of the molecule is O=C(Cc1cccnc1)Nc1cc(-n2cccn2)nc(-c2ncco2)n1. The predicted molar refractivity (Wildman–Crippen MR) is 91.2 cm³/mol. The van der Waals surface area contributed by atoms with Crippen molar-refractivity contribution >= 4 is 11.7 Å². The van der Waals surface area contributed by atoms with Crippen LogP contribution in [0.2, 0.25) is 0 Å². The third-order valence-corrected chi connectivity index (χ3v) is 3.43. The topological polar surface area (TPSA) is 112 Å². The highest BCUT2D eigenvalue weighted by Gasteiger charge is 2.14. The van der Waals surface area contributed by atoms with Gasteiger partial charge in [-0.25, -0.2) is 19.6 Å². The van der Waals surface area contributed by atoms with Crippen LogP contribution in [-0.4, -0.2) is 35.6 Å². The van der Waals surface area contributed by atoms with Gasteiger partial charge in [0.15, 0.2) is 5.82 Å². The van der Waals surface area contributed by atoms with Crippen LogP contribution < -0.4 is 5.32 Å². The van der Waals surface area contributed by atoms with E-state index in [1.807, 2.05) is 6.07 Å². The van der Waals surface area contributed by atoms with Crippen molar-refractivity contribution in [1.29, 1.82) is 0 Å². The number of aromatic nitrogens is 6. The second-order valence-electron chi connectivity index (χ2n) is 5.31. The fraction of sp³-hybridized carbons (Fsp3) is 0.0588. The van der Waals surface area contributed by atoms with Crippen molar-refractivity contribution in [3.8, 4) is 17.5 Å². The summed E-state index contributed by atoms with van der Waals surface area (Å²) >= 11 is 0. The molecule has 128 valence electrons. The van der Waals surface area contributed by atoms with Crippen molar-refractivity contribution in [3.05, 3.63) is 67.1 Å². The summed E-state index contributed by atoms with van der Waals surface area (Å²) in [6, 6.07) is 7.01. The third kappa shape index (κ3) is 3.46. The largest absolute Gasteiger partial charge is 0.442 e. The molecule has 0 saturated carbocycles. The Bertz CT molecular complexity index is 947. The Morgan fingerprint density at radius 3 is 2.88 bits per heavy atom. The maximum atomic E-state index is 12.3. The Hall–Kier alpha value is -3.88. The normalized spacial score (nSPS) is 10.6. The van der Waals surface area contributed by atoms with Gasteiger partial charge >= 0.3 is 0 Å². The molecule has 0 atom stereocenters. The van der Waals surface area contributed by atoms with Gasteiger partial charge in [-0.2, -0.15) is 5.10 Å². The zero-order valence-corrected chi connectivity index (χ0v) is 13.5. The summed E-state index contributed by atoms with van der Waals surface area (Å²) in [5, 5.41) is 6.92. The molecular weight excluding hydrogens is 334 g/mol. The van der Waals surface area contributed by atoms with Gasteiger partial charge in [0, 0.05) is 30.9 Å². The van der Waals surface area contributed by atoms with Gasteiger partial charge in [-0.15, -0.1) is 0 Å². The molecule has 4 aromatic rings. The molecular formula is C17H13N7O2. The van der Waals surface area contributed by atoms with Gasteiger partial charge in [-0.3, -0.25) is 9.78 Å². The number of nitrogens with one attached hydrogen (secondary N) is 1. The summed E-state index contributed by atoms with van der Waals surface area (Å²) < 4.78 is 6.82. The van der Waals surface area contributed by atoms with E-state index in [2.05, 4.69) is 30.4 Å². The lowest BCUT2D eigenvalue weighted by Gasteiger charge is -2.08. The first kappa shape index (κ1) is 15.6. The summed E-state index contributed by atoms with van der Waals surface area (Å²) in [6.45, 7) is 0. The van der Waals surface area contributed by atoms with E-state index < -0.39 is 0 Å². The fourth-order valence-corrected chi connectivity index (χ4v) is 2.32. The number of nitrogens with zero attached hydrogens (tertiary/aromatic N) is 6. The Morgan fingerprint density at radius 2 is 2.15 bits per heavy atom. The highest BCUT2D eigenvalue weighted by Crippen LogP contribution is 2.18. The Balaban J connectivity index is 1.63. The minimum absolute atomic E-state index is 0.184. The van der Waals surface area contributed by atoms with Crippen LogP contribution in [0.5, 0.6) is 0 Å². The van der Waals surface area contributed by atoms with Crippen LogP contribution >= 0.6 is 0 Å². The van der Waals surface area contributed by atoms with Gasteiger partial charge in [0.25, 0.3) is 5.89 Å². The fourth-order valence-electron chi connectivity index (χ4n) is 2.32. The lowest BCUT2D eigenvalue weighted by atomic mass is 10.2. The molecule has 0 spiro atoms. The van der Waals surface area contributed by atoms with Gasteiger partial charge < -0.3 is 9.73 Å². The molecule has 0 unspecified atom stereocenters. The molecule has 1 amide bonds. The number of amides is 1. The van der Waals surface area contributed by atoms with Gasteiger partial charge in [0.2, 0.25) is 11.7 Å². The second kappa shape index (κ2) is 6.93. The molecule has 0 radical (unpaired) electrons. The minimum Gasteiger partial charge on any atom is -0.442 e. The highest BCUT2D eigenvalue weighted by atomic mass is 16.3. The van der Waals surface area contributed by atoms with Crippen molar-refractivity contribution < 1.29 is 9.21 Å². The lowest BCUT2D eigenvalue weighted by Crippen LogP contribution is -2.16. The predicted octanol–water partition coefficient (Wildman–Crippen LogP) is 1.89. The molecule has 0 saturated heterocycles. The molecule has 0 aliphatic carbocycles. The van der Waals surface area contributed by atoms with Gasteiger partial charge in [0.05, 0.1) is 12.6 Å². The smallest absolute Gasteiger partial charge is 0.264 e. The number of carbonyl (C=O) groups is 1. The van der Waals surface area contributed by atoms with E-state index in [4.69, 9.17) is 4.42 Å². The summed E-state index contributed by atoms with van der Waals surface area (Å²) in [7, 11) is 0. The van der Waals surface area contributed by atoms with Gasteiger partial charge in [-0.1, -0.05) is 6.07 Å². The number of hydrogen-bond donors (Lipinski definition) is 1. The van der Waals surface area contributed by atoms with Crippen LogP contribution in [0, 0.1) is 0 Å². The number of rotatable bonds is 5. The zero-order chi connectivity index (χ0) is 17.8. The number of oxazole rings is 1. The zero-order valence-electron chi connectivity index (χ0n) is 13.5. The van der Waals surface area contributed by atoms with Crippen molar-refractivity contribution in [1.82, 2.24) is 29.7 Å². The van der Waals surface area contributed by atoms with Crippen molar-refractivity contribution in [3.63, 3.8) is 0 Å². The molecule has 0 aromatic carbocycles. The first-order valence-electron chi connectivity index (χ1n) is 7.76. The number of carbonyl (C=O) groups excluding carboxylic acids is 1. The monoisotopic (exact) mass is 347 g/mol. The lowest BCUT2D eigenvalue weighted by molar-refractivity contribution is -0.115. The number of hydrogen-bond acceptors (Lipinski definition) is 7. The van der Waals surface area contributed by atoms with E-state index >= 15 is 0 Å². The van der Waals surface area contributed by atoms with Crippen molar-refractivity contribution in [2.45, 2.75) is 6.42 Å². The van der Waals surface area contributed by atoms with Crippen LogP contribution in [0.3, 0.4) is 0 Å². The molecule has 4 rings (SSSR count). The van der Waals surface area contributed by atoms with Crippen LogP contribution in [-0.2, 0) is 11.2 Å². The van der Waals surface area contributed by atoms with E-state index in [1.54, 1.807) is 47.7 Å². The summed E-state index contributed by atoms with van der Waals surface area (Å²) in [4.78, 5) is 29.1. The standard InChI is InChI=1S/C17H13N7O2/c25-15(9-12-3-1-4-18-11-12)21-13-10-14(24-7-2-5-20-24)23-16(22-13)17-19-6-8-26-17/h1-8,10-11H,9H2,(H,21,22,23,25). The Labute approximate surface area is 147 Å². The van der Waals surface area contributed by atoms with Gasteiger partial charge in [0.1, 0.15) is 12.1 Å². The maximum absolute atomic E-state index is 12.3. The third-order valence-electron chi connectivity index (χ3n) is 3.43. The Kier molecular flexibility index (Phi) is 4.17. The van der Waals surface area contributed by atoms with E-state index in [0.717, 1.165) is 5.56 Å². The second-order valence-corrected chi connectivity index (χ2v) is 5.31. The molecule has 26 heavy (non-hydrogen) atoms. The molecule has 0 aliphatic rings. The van der Waals surface area contributed by atoms with Crippen molar-refractivity contribution in [2.75, 3.05) is 5.32 Å². The average Bonchev–Trinajstić information content (AvgIpc) is 3.36. The summed E-state index contributed by atoms with van der Waals surface area (Å²) in [6.07, 6.45) is 9.79. The molecule has 0 fully saturated rings. The van der Waals surface area contributed by atoms with Gasteiger partial charge in [-0.05, 0) is 17.7 Å². The Morgan fingerprint density at radius 1 is 1.19 bits per heavy atom. The molecule has 9 heteroatoms. The van der Waals surface area contributed by atoms with E-state index in [1.165, 1.54) is 12.5 Å². The van der Waals surface area contributed by atoms with E-state index in [9.17, 15) is 4.79 Å². The molecule has 1 N–H and O–H groups in total. The van der Waals surface area contributed by atoms with E-state index in [0.29, 0.717) is 11.6 Å². The molecule has 0 bridgehead atoms. The maximum Gasteiger partial charge on any atom is 0.264 e. The molecule has 9 nitrogen and oxygen atoms in total. The number of pyridine rings is 1. The van der Waals surface area contributed by atoms with Crippen LogP contribution in [0.1, 0.15) is 5.56 Å². The van der Waals surface area contributed by atoms with Crippen LogP contribution in [0.25, 0.3) is 17.5 Å². The molecule has 0 aliphatic heterocycles. The number of anilines is 1. The quantitative estimate of drug-likeness (QED) is 0.587. The van der Waals surface area contributed by atoms with Crippen LogP contribution in [0.15, 0.2) is 65.9 Å². The summed E-state index contributed by atoms with van der Waals surface area (Å²) in [5.41, 5.74) is 0.805. The molecule has 4 aromatic heterocycles. The first-order chi connectivity index (χ1) is 12.8. The summed E-state index contributed by atoms with van der Waals surface area (Å²) in [5.74, 6) is 1.09. The average molecular weight is 347 g/mol. The minimum atomic E-state index is -0.221. The highest BCUT2D eigenvalue weighted by molar-refractivity contribution is 5.91. The van der Waals surface area contributed by atoms with Crippen LogP contribution in [0.4, 0.5) is 5.82 Å². The van der Waals surface area contributed by atoms with Crippen molar-refractivity contribution in [2.24, 2.45) is 0 Å². The first-order valence-corrected chi connectivity index (χ1v) is 7.76. The molecule has 4 heterocycles. The van der Waals surface area contributed by atoms with E-state index in [-0.39, 0.29) is 24.0 Å².